The summed E-state index contributed by atoms with van der Waals surface area (Å²) in [6.45, 7) is 4.79. The smallest absolute Gasteiger partial charge is 0.250 e. The van der Waals surface area contributed by atoms with Crippen molar-refractivity contribution in [3.8, 4) is 0 Å². The summed E-state index contributed by atoms with van der Waals surface area (Å²) in [7, 11) is -3.32. The monoisotopic (exact) mass is 392 g/mol. The van der Waals surface area contributed by atoms with Gasteiger partial charge in [-0.05, 0) is 91.4 Å². The second-order valence-corrected chi connectivity index (χ2v) is 12.3. The summed E-state index contributed by atoms with van der Waals surface area (Å²) in [5, 5.41) is 15.0. The van der Waals surface area contributed by atoms with E-state index in [4.69, 9.17) is 0 Å². The minimum absolute atomic E-state index is 0.116. The van der Waals surface area contributed by atoms with E-state index in [9.17, 15) is 13.5 Å². The third-order valence-electron chi connectivity index (χ3n) is 9.22. The summed E-state index contributed by atoms with van der Waals surface area (Å²) in [6, 6.07) is 0. The molecule has 0 saturated heterocycles. The number of aliphatic hydroxyl groups excluding tert-OH is 1. The van der Waals surface area contributed by atoms with E-state index >= 15 is 0 Å². The molecular formula is C21H32N2O3S. The molecule has 0 aliphatic heterocycles. The van der Waals surface area contributed by atoms with Crippen LogP contribution in [0.4, 0.5) is 0 Å². The van der Waals surface area contributed by atoms with Gasteiger partial charge >= 0.3 is 0 Å². The van der Waals surface area contributed by atoms with E-state index in [0.29, 0.717) is 23.7 Å². The first-order chi connectivity index (χ1) is 12.6. The molecular weight excluding hydrogens is 360 g/mol. The molecule has 0 spiro atoms. The second-order valence-electron chi connectivity index (χ2n) is 10.4. The molecule has 3 saturated carbocycles. The highest BCUT2D eigenvalue weighted by atomic mass is 32.2. The van der Waals surface area contributed by atoms with E-state index in [0.717, 1.165) is 36.9 Å². The molecule has 0 bridgehead atoms. The maximum Gasteiger partial charge on any atom is 0.250 e. The molecule has 6 heteroatoms. The molecule has 0 radical (unpaired) electrons. The lowest BCUT2D eigenvalue weighted by molar-refractivity contribution is -0.111. The number of hydrogen-bond acceptors (Lipinski definition) is 4. The highest BCUT2D eigenvalue weighted by molar-refractivity contribution is 7.89. The van der Waals surface area contributed by atoms with Gasteiger partial charge in [-0.3, -0.25) is 0 Å². The summed E-state index contributed by atoms with van der Waals surface area (Å²) in [5.41, 5.74) is 2.49. The van der Waals surface area contributed by atoms with E-state index in [2.05, 4.69) is 18.9 Å². The summed E-state index contributed by atoms with van der Waals surface area (Å²) >= 11 is 0. The zero-order valence-electron chi connectivity index (χ0n) is 16.7. The fourth-order valence-corrected chi connectivity index (χ4v) is 8.24. The Morgan fingerprint density at radius 2 is 1.85 bits per heavy atom. The van der Waals surface area contributed by atoms with Gasteiger partial charge in [-0.1, -0.05) is 13.8 Å². The van der Waals surface area contributed by atoms with Crippen molar-refractivity contribution in [3.05, 3.63) is 17.5 Å². The molecule has 150 valence electrons. The van der Waals surface area contributed by atoms with Crippen molar-refractivity contribution < 1.29 is 13.5 Å². The number of rotatable bonds is 1. The van der Waals surface area contributed by atoms with Crippen molar-refractivity contribution in [1.29, 1.82) is 0 Å². The number of aliphatic hydroxyl groups is 1. The van der Waals surface area contributed by atoms with Crippen LogP contribution in [0.3, 0.4) is 0 Å². The van der Waals surface area contributed by atoms with Gasteiger partial charge in [0.1, 0.15) is 0 Å². The van der Waals surface area contributed by atoms with Crippen LogP contribution in [0.15, 0.2) is 6.20 Å². The molecule has 0 aromatic carbocycles. The molecule has 5 rings (SSSR count). The third kappa shape index (κ3) is 2.44. The molecule has 3 fully saturated rings. The zero-order valence-corrected chi connectivity index (χ0v) is 17.5. The fourth-order valence-electron chi connectivity index (χ4n) is 7.67. The Kier molecular flexibility index (Phi) is 3.76. The number of aromatic nitrogens is 2. The SMILES string of the molecule is C[C@]12CCC3C(CC[C@H]4Cc5nn(S(C)(=O)=O)cc5C[C@]34C)C1CC[C@@H]2O. The first-order valence-electron chi connectivity index (χ1n) is 10.6. The molecule has 4 aliphatic carbocycles. The summed E-state index contributed by atoms with van der Waals surface area (Å²) in [5.74, 6) is 2.66. The molecule has 7 atom stereocenters. The minimum atomic E-state index is -3.32. The minimum Gasteiger partial charge on any atom is -0.393 e. The summed E-state index contributed by atoms with van der Waals surface area (Å²) < 4.78 is 25.1. The van der Waals surface area contributed by atoms with Crippen LogP contribution in [-0.2, 0) is 22.9 Å². The first kappa shape index (κ1) is 18.2. The Bertz CT molecular complexity index is 878. The zero-order chi connectivity index (χ0) is 19.2. The van der Waals surface area contributed by atoms with Crippen LogP contribution < -0.4 is 0 Å². The molecule has 1 aromatic rings. The maximum absolute atomic E-state index is 11.9. The van der Waals surface area contributed by atoms with Crippen LogP contribution in [0.25, 0.3) is 0 Å². The molecule has 1 aromatic heterocycles. The van der Waals surface area contributed by atoms with Crippen LogP contribution in [0, 0.1) is 34.5 Å². The molecule has 27 heavy (non-hydrogen) atoms. The van der Waals surface area contributed by atoms with Gasteiger partial charge in [0.05, 0.1) is 18.1 Å². The van der Waals surface area contributed by atoms with Crippen molar-refractivity contribution in [2.75, 3.05) is 6.26 Å². The van der Waals surface area contributed by atoms with Gasteiger partial charge in [0.15, 0.2) is 0 Å². The van der Waals surface area contributed by atoms with Crippen LogP contribution >= 0.6 is 0 Å². The normalized spacial score (nSPS) is 46.3. The van der Waals surface area contributed by atoms with Gasteiger partial charge in [-0.2, -0.15) is 9.19 Å². The lowest BCUT2D eigenvalue weighted by Crippen LogP contribution is -2.54. The summed E-state index contributed by atoms with van der Waals surface area (Å²) in [4.78, 5) is 0. The van der Waals surface area contributed by atoms with Crippen LogP contribution in [0.1, 0.15) is 63.6 Å². The Labute approximate surface area is 162 Å². The second kappa shape index (κ2) is 5.59. The average Bonchev–Trinajstić information content (AvgIpc) is 3.13. The van der Waals surface area contributed by atoms with Gasteiger partial charge in [0.25, 0.3) is 10.0 Å². The van der Waals surface area contributed by atoms with Gasteiger partial charge in [-0.25, -0.2) is 8.42 Å². The Balaban J connectivity index is 1.49. The number of nitrogens with zero attached hydrogens (tertiary/aromatic N) is 2. The summed E-state index contributed by atoms with van der Waals surface area (Å²) in [6.07, 6.45) is 11.7. The van der Waals surface area contributed by atoms with Crippen molar-refractivity contribution >= 4 is 10.0 Å². The predicted octanol–water partition coefficient (Wildman–Crippen LogP) is 3.01. The van der Waals surface area contributed by atoms with Gasteiger partial charge in [-0.15, -0.1) is 0 Å². The van der Waals surface area contributed by atoms with Crippen molar-refractivity contribution in [3.63, 3.8) is 0 Å². The predicted molar refractivity (Wildman–Crippen MR) is 104 cm³/mol. The van der Waals surface area contributed by atoms with Crippen LogP contribution in [0.2, 0.25) is 0 Å². The van der Waals surface area contributed by atoms with Crippen molar-refractivity contribution in [2.45, 2.75) is 71.3 Å². The van der Waals surface area contributed by atoms with Crippen molar-refractivity contribution in [1.82, 2.24) is 9.19 Å². The van der Waals surface area contributed by atoms with Crippen LogP contribution in [-0.4, -0.2) is 35.1 Å². The highest BCUT2D eigenvalue weighted by Crippen LogP contribution is 2.65. The standard InChI is InChI=1S/C21H32N2O3S/c1-20-9-8-17-15(16(20)6-7-19(20)24)5-4-14-10-18-13(11-21(14,17)2)12-23(22-18)27(3,25)26/h12,14-17,19,24H,4-11H2,1-3H3/t14-,15?,16?,17?,19-,20-,21-/m0/s1. The molecule has 1 N–H and O–H groups in total. The van der Waals surface area contributed by atoms with Crippen LogP contribution in [0.5, 0.6) is 0 Å². The molecule has 0 amide bonds. The maximum atomic E-state index is 11.9. The van der Waals surface area contributed by atoms with Gasteiger partial charge < -0.3 is 5.11 Å². The average molecular weight is 393 g/mol. The number of hydrogen-bond donors (Lipinski definition) is 1. The Morgan fingerprint density at radius 3 is 2.59 bits per heavy atom. The molecule has 5 nitrogen and oxygen atoms in total. The third-order valence-corrected chi connectivity index (χ3v) is 10.1. The fraction of sp³-hybridized carbons (Fsp3) is 0.857. The molecule has 1 heterocycles. The van der Waals surface area contributed by atoms with E-state index in [1.54, 1.807) is 6.20 Å². The number of fused-ring (bicyclic) bond motifs is 6. The van der Waals surface area contributed by atoms with Gasteiger partial charge in [0.2, 0.25) is 0 Å². The quantitative estimate of drug-likeness (QED) is 0.797. The van der Waals surface area contributed by atoms with Crippen molar-refractivity contribution in [2.24, 2.45) is 34.5 Å². The van der Waals surface area contributed by atoms with Gasteiger partial charge in [0, 0.05) is 6.20 Å². The van der Waals surface area contributed by atoms with E-state index in [1.807, 2.05) is 0 Å². The van der Waals surface area contributed by atoms with E-state index in [1.165, 1.54) is 36.0 Å². The lowest BCUT2D eigenvalue weighted by Gasteiger charge is -2.59. The Hall–Kier alpha value is -0.880. The highest BCUT2D eigenvalue weighted by Gasteiger charge is 2.60. The molecule has 4 aliphatic rings. The van der Waals surface area contributed by atoms with E-state index < -0.39 is 10.0 Å². The molecule has 3 unspecified atom stereocenters. The Morgan fingerprint density at radius 1 is 1.11 bits per heavy atom. The first-order valence-corrected chi connectivity index (χ1v) is 12.4. The largest absolute Gasteiger partial charge is 0.393 e. The van der Waals surface area contributed by atoms with E-state index in [-0.39, 0.29) is 16.9 Å². The topological polar surface area (TPSA) is 72.2 Å². The lowest BCUT2D eigenvalue weighted by atomic mass is 9.45.